The van der Waals surface area contributed by atoms with Gasteiger partial charge in [-0.05, 0) is 49.0 Å². The largest absolute Gasteiger partial charge is 0.493 e. The fourth-order valence-corrected chi connectivity index (χ4v) is 3.17. The molecule has 2 N–H and O–H groups in total. The third kappa shape index (κ3) is 4.74. The van der Waals surface area contributed by atoms with E-state index >= 15 is 0 Å². The maximum atomic E-state index is 6.19. The lowest BCUT2D eigenvalue weighted by molar-refractivity contribution is 0.284. The van der Waals surface area contributed by atoms with Gasteiger partial charge in [0.1, 0.15) is 12.4 Å². The van der Waals surface area contributed by atoms with Crippen LogP contribution in [0.25, 0.3) is 0 Å². The summed E-state index contributed by atoms with van der Waals surface area (Å²) >= 11 is 17.3. The van der Waals surface area contributed by atoms with Crippen LogP contribution >= 0.6 is 35.4 Å². The van der Waals surface area contributed by atoms with Crippen molar-refractivity contribution in [3.63, 3.8) is 0 Å². The van der Waals surface area contributed by atoms with E-state index in [9.17, 15) is 0 Å². The van der Waals surface area contributed by atoms with Crippen molar-refractivity contribution in [1.29, 1.82) is 0 Å². The summed E-state index contributed by atoms with van der Waals surface area (Å²) in [6, 6.07) is 11.0. The predicted octanol–water partition coefficient (Wildman–Crippen LogP) is 4.89. The SMILES string of the molecule is COc1cc(CNn2c(C)n[nH]c2=S)ccc1OCc1ccc(Cl)cc1Cl. The number of rotatable bonds is 7. The first-order valence-electron chi connectivity index (χ1n) is 8.09. The quantitative estimate of drug-likeness (QED) is 0.528. The van der Waals surface area contributed by atoms with E-state index in [1.807, 2.05) is 31.2 Å². The van der Waals surface area contributed by atoms with Crippen LogP contribution in [0.5, 0.6) is 11.5 Å². The Balaban J connectivity index is 1.69. The Hall–Kier alpha value is -2.22. The number of benzene rings is 2. The summed E-state index contributed by atoms with van der Waals surface area (Å²) in [6.45, 7) is 2.72. The average Bonchev–Trinajstić information content (AvgIpc) is 2.97. The van der Waals surface area contributed by atoms with E-state index in [1.165, 1.54) is 0 Å². The maximum Gasteiger partial charge on any atom is 0.214 e. The topological polar surface area (TPSA) is 64.1 Å². The van der Waals surface area contributed by atoms with Crippen molar-refractivity contribution in [1.82, 2.24) is 14.9 Å². The van der Waals surface area contributed by atoms with Gasteiger partial charge in [0.05, 0.1) is 13.7 Å². The predicted molar refractivity (Wildman–Crippen MR) is 109 cm³/mol. The number of methoxy groups -OCH3 is 1. The van der Waals surface area contributed by atoms with Crippen LogP contribution < -0.4 is 14.9 Å². The summed E-state index contributed by atoms with van der Waals surface area (Å²) in [5.74, 6) is 2.02. The molecule has 9 heteroatoms. The van der Waals surface area contributed by atoms with Gasteiger partial charge in [0.15, 0.2) is 11.5 Å². The molecule has 0 unspecified atom stereocenters. The fraction of sp³-hybridized carbons (Fsp3) is 0.222. The summed E-state index contributed by atoms with van der Waals surface area (Å²) < 4.78 is 13.6. The van der Waals surface area contributed by atoms with E-state index in [-0.39, 0.29) is 0 Å². The number of halogens is 2. The van der Waals surface area contributed by atoms with Crippen LogP contribution in [-0.4, -0.2) is 22.0 Å². The third-order valence-corrected chi connectivity index (χ3v) is 4.77. The van der Waals surface area contributed by atoms with Crippen molar-refractivity contribution in [3.8, 4) is 11.5 Å². The standard InChI is InChI=1S/C18H18Cl2N4O2S/c1-11-22-23-18(27)24(11)21-9-12-3-6-16(17(7-12)25-2)26-10-13-4-5-14(19)8-15(13)20/h3-8,21H,9-10H2,1-2H3,(H,23,27). The molecule has 0 saturated carbocycles. The number of hydrogen-bond acceptors (Lipinski definition) is 5. The molecule has 27 heavy (non-hydrogen) atoms. The second-order valence-corrected chi connectivity index (χ2v) is 6.99. The molecule has 6 nitrogen and oxygen atoms in total. The number of aryl methyl sites for hydroxylation is 1. The molecule has 0 aliphatic carbocycles. The number of aromatic nitrogens is 3. The van der Waals surface area contributed by atoms with E-state index in [4.69, 9.17) is 44.9 Å². The number of aromatic amines is 1. The molecule has 0 radical (unpaired) electrons. The first-order valence-corrected chi connectivity index (χ1v) is 9.26. The number of nitrogens with one attached hydrogen (secondary N) is 2. The summed E-state index contributed by atoms with van der Waals surface area (Å²) in [4.78, 5) is 0. The molecule has 0 fully saturated rings. The van der Waals surface area contributed by atoms with E-state index in [1.54, 1.807) is 23.9 Å². The Bertz CT molecular complexity index is 1000. The highest BCUT2D eigenvalue weighted by Crippen LogP contribution is 2.30. The van der Waals surface area contributed by atoms with Crippen molar-refractivity contribution in [2.24, 2.45) is 0 Å². The van der Waals surface area contributed by atoms with Crippen molar-refractivity contribution >= 4 is 35.4 Å². The molecule has 1 aromatic heterocycles. The van der Waals surface area contributed by atoms with Gasteiger partial charge >= 0.3 is 0 Å². The fourth-order valence-electron chi connectivity index (χ4n) is 2.47. The second kappa shape index (κ2) is 8.65. The average molecular weight is 425 g/mol. The monoisotopic (exact) mass is 424 g/mol. The van der Waals surface area contributed by atoms with Crippen molar-refractivity contribution in [3.05, 3.63) is 68.2 Å². The number of nitrogens with zero attached hydrogens (tertiary/aromatic N) is 2. The van der Waals surface area contributed by atoms with Gasteiger partial charge in [0, 0.05) is 15.6 Å². The van der Waals surface area contributed by atoms with Crippen molar-refractivity contribution in [2.45, 2.75) is 20.1 Å². The number of H-pyrrole nitrogens is 1. The molecule has 0 aliphatic rings. The molecular weight excluding hydrogens is 407 g/mol. The van der Waals surface area contributed by atoms with Gasteiger partial charge in [0.2, 0.25) is 4.77 Å². The molecule has 2 aromatic carbocycles. The zero-order chi connectivity index (χ0) is 19.4. The Kier molecular flexibility index (Phi) is 6.26. The van der Waals surface area contributed by atoms with Crippen LogP contribution in [0, 0.1) is 11.7 Å². The smallest absolute Gasteiger partial charge is 0.214 e. The van der Waals surface area contributed by atoms with Crippen LogP contribution in [0.1, 0.15) is 17.0 Å². The van der Waals surface area contributed by atoms with Crippen LogP contribution in [-0.2, 0) is 13.2 Å². The molecule has 3 aromatic rings. The molecule has 1 heterocycles. The van der Waals surface area contributed by atoms with E-state index < -0.39 is 0 Å². The van der Waals surface area contributed by atoms with E-state index in [2.05, 4.69) is 15.6 Å². The van der Waals surface area contributed by atoms with Gasteiger partial charge in [-0.15, -0.1) is 0 Å². The highest BCUT2D eigenvalue weighted by atomic mass is 35.5. The minimum atomic E-state index is 0.313. The van der Waals surface area contributed by atoms with Crippen molar-refractivity contribution in [2.75, 3.05) is 12.5 Å². The van der Waals surface area contributed by atoms with Gasteiger partial charge in [0.25, 0.3) is 0 Å². The van der Waals surface area contributed by atoms with Gasteiger partial charge in [-0.1, -0.05) is 35.3 Å². The van der Waals surface area contributed by atoms with Gasteiger partial charge in [-0.3, -0.25) is 5.10 Å². The summed E-state index contributed by atoms with van der Waals surface area (Å²) in [5.41, 5.74) is 5.06. The van der Waals surface area contributed by atoms with Crippen molar-refractivity contribution < 1.29 is 9.47 Å². The number of hydrogen-bond donors (Lipinski definition) is 2. The molecule has 0 saturated heterocycles. The zero-order valence-corrected chi connectivity index (χ0v) is 17.1. The van der Waals surface area contributed by atoms with Crippen LogP contribution in [0.2, 0.25) is 10.0 Å². The first kappa shape index (κ1) is 19.5. The van der Waals surface area contributed by atoms with Gasteiger partial charge in [-0.2, -0.15) is 5.10 Å². The molecule has 0 atom stereocenters. The summed E-state index contributed by atoms with van der Waals surface area (Å²) in [7, 11) is 1.60. The summed E-state index contributed by atoms with van der Waals surface area (Å²) in [6.07, 6.45) is 0. The molecule has 0 spiro atoms. The first-order chi connectivity index (χ1) is 13.0. The zero-order valence-electron chi connectivity index (χ0n) is 14.8. The Morgan fingerprint density at radius 2 is 2.00 bits per heavy atom. The lowest BCUT2D eigenvalue weighted by Crippen LogP contribution is -2.16. The molecule has 0 aliphatic heterocycles. The Morgan fingerprint density at radius 1 is 1.19 bits per heavy atom. The minimum Gasteiger partial charge on any atom is -0.493 e. The Labute approximate surface area is 172 Å². The van der Waals surface area contributed by atoms with Gasteiger partial charge < -0.3 is 14.9 Å². The molecular formula is C18H18Cl2N4O2S. The van der Waals surface area contributed by atoms with Crippen LogP contribution in [0.4, 0.5) is 0 Å². The number of ether oxygens (including phenoxy) is 2. The van der Waals surface area contributed by atoms with E-state index in [0.29, 0.717) is 39.5 Å². The third-order valence-electron chi connectivity index (χ3n) is 3.91. The molecule has 0 bridgehead atoms. The second-order valence-electron chi connectivity index (χ2n) is 5.76. The molecule has 0 amide bonds. The van der Waals surface area contributed by atoms with Gasteiger partial charge in [-0.25, -0.2) is 4.68 Å². The highest BCUT2D eigenvalue weighted by Gasteiger charge is 2.09. The lowest BCUT2D eigenvalue weighted by Gasteiger charge is -2.14. The highest BCUT2D eigenvalue weighted by molar-refractivity contribution is 7.71. The maximum absolute atomic E-state index is 6.19. The summed E-state index contributed by atoms with van der Waals surface area (Å²) in [5, 5.41) is 7.95. The van der Waals surface area contributed by atoms with Crippen LogP contribution in [0.3, 0.4) is 0 Å². The van der Waals surface area contributed by atoms with Crippen LogP contribution in [0.15, 0.2) is 36.4 Å². The lowest BCUT2D eigenvalue weighted by atomic mass is 10.2. The van der Waals surface area contributed by atoms with E-state index in [0.717, 1.165) is 17.0 Å². The minimum absolute atomic E-state index is 0.313. The Morgan fingerprint density at radius 3 is 2.67 bits per heavy atom. The normalized spacial score (nSPS) is 10.7. The molecule has 142 valence electrons. The molecule has 3 rings (SSSR count).